The van der Waals surface area contributed by atoms with E-state index in [1.807, 2.05) is 0 Å². The summed E-state index contributed by atoms with van der Waals surface area (Å²) < 4.78 is 4.57. The highest BCUT2D eigenvalue weighted by Gasteiger charge is 2.20. The molecule has 0 aromatic heterocycles. The van der Waals surface area contributed by atoms with Crippen LogP contribution in [-0.2, 0) is 14.3 Å². The van der Waals surface area contributed by atoms with Gasteiger partial charge in [-0.2, -0.15) is 0 Å². The predicted molar refractivity (Wildman–Crippen MR) is 60.4 cm³/mol. The molecule has 1 fully saturated rings. The monoisotopic (exact) mass is 248 g/mol. The maximum Gasteiger partial charge on any atom is 0.306 e. The number of esters is 1. The fraction of sp³-hybridized carbons (Fsp3) is 0.800. The van der Waals surface area contributed by atoms with Gasteiger partial charge in [0.15, 0.2) is 0 Å². The van der Waals surface area contributed by atoms with E-state index in [0.29, 0.717) is 26.1 Å². The molecule has 0 atom stereocenters. The number of hydrogen-bond donors (Lipinski definition) is 0. The molecule has 0 unspecified atom stereocenters. The third-order valence-corrected chi connectivity index (χ3v) is 2.93. The summed E-state index contributed by atoms with van der Waals surface area (Å²) in [4.78, 5) is 26.1. The van der Waals surface area contributed by atoms with Crippen molar-refractivity contribution in [2.75, 3.05) is 45.7 Å². The molecule has 1 saturated heterocycles. The number of amides is 1. The number of alkyl halides is 1. The summed E-state index contributed by atoms with van der Waals surface area (Å²) in [5, 5.41) is 0. The van der Waals surface area contributed by atoms with Crippen LogP contribution >= 0.6 is 11.6 Å². The van der Waals surface area contributed by atoms with E-state index >= 15 is 0 Å². The summed E-state index contributed by atoms with van der Waals surface area (Å²) in [5.41, 5.74) is 0. The Morgan fingerprint density at radius 2 is 1.88 bits per heavy atom. The van der Waals surface area contributed by atoms with Gasteiger partial charge in [-0.15, -0.1) is 11.6 Å². The van der Waals surface area contributed by atoms with Crippen molar-refractivity contribution in [2.24, 2.45) is 0 Å². The standard InChI is InChI=1S/C10H17ClN2O3/c1-16-10(15)2-3-12-4-6-13(7-5-12)9(14)8-11/h2-8H2,1H3. The number of carbonyl (C=O) groups is 2. The first-order valence-corrected chi connectivity index (χ1v) is 5.83. The number of carbonyl (C=O) groups excluding carboxylic acids is 2. The van der Waals surface area contributed by atoms with Crippen LogP contribution in [0.2, 0.25) is 0 Å². The van der Waals surface area contributed by atoms with E-state index < -0.39 is 0 Å². The van der Waals surface area contributed by atoms with Gasteiger partial charge in [0.1, 0.15) is 5.88 Å². The van der Waals surface area contributed by atoms with Gasteiger partial charge < -0.3 is 9.64 Å². The van der Waals surface area contributed by atoms with E-state index in [1.54, 1.807) is 4.90 Å². The van der Waals surface area contributed by atoms with Gasteiger partial charge in [0.25, 0.3) is 0 Å². The van der Waals surface area contributed by atoms with Gasteiger partial charge in [-0.05, 0) is 0 Å². The van der Waals surface area contributed by atoms with Gasteiger partial charge in [-0.25, -0.2) is 0 Å². The van der Waals surface area contributed by atoms with Gasteiger partial charge >= 0.3 is 5.97 Å². The van der Waals surface area contributed by atoms with E-state index in [4.69, 9.17) is 11.6 Å². The van der Waals surface area contributed by atoms with Crippen LogP contribution in [0, 0.1) is 0 Å². The van der Waals surface area contributed by atoms with Crippen molar-refractivity contribution in [1.29, 1.82) is 0 Å². The topological polar surface area (TPSA) is 49.9 Å². The Labute approximate surface area is 100 Å². The molecule has 16 heavy (non-hydrogen) atoms. The minimum atomic E-state index is -0.195. The molecule has 0 aliphatic carbocycles. The molecule has 0 bridgehead atoms. The van der Waals surface area contributed by atoms with E-state index in [1.165, 1.54) is 7.11 Å². The molecule has 1 aliphatic heterocycles. The molecular formula is C10H17ClN2O3. The van der Waals surface area contributed by atoms with Gasteiger partial charge in [0.2, 0.25) is 5.91 Å². The highest BCUT2D eigenvalue weighted by molar-refractivity contribution is 6.27. The molecule has 1 aliphatic rings. The molecule has 0 spiro atoms. The minimum Gasteiger partial charge on any atom is -0.469 e. The molecule has 1 rings (SSSR count). The largest absolute Gasteiger partial charge is 0.469 e. The maximum absolute atomic E-state index is 11.3. The number of nitrogens with zero attached hydrogens (tertiary/aromatic N) is 2. The highest BCUT2D eigenvalue weighted by Crippen LogP contribution is 2.03. The molecule has 92 valence electrons. The Morgan fingerprint density at radius 1 is 1.25 bits per heavy atom. The lowest BCUT2D eigenvalue weighted by Crippen LogP contribution is -2.49. The summed E-state index contributed by atoms with van der Waals surface area (Å²) in [7, 11) is 1.39. The van der Waals surface area contributed by atoms with E-state index in [-0.39, 0.29) is 17.8 Å². The van der Waals surface area contributed by atoms with Crippen LogP contribution in [0.3, 0.4) is 0 Å². The average molecular weight is 249 g/mol. The summed E-state index contributed by atoms with van der Waals surface area (Å²) in [6.45, 7) is 3.65. The van der Waals surface area contributed by atoms with Crippen molar-refractivity contribution in [3.63, 3.8) is 0 Å². The second-order valence-corrected chi connectivity index (χ2v) is 3.95. The third-order valence-electron chi connectivity index (χ3n) is 2.70. The normalized spacial score (nSPS) is 17.2. The van der Waals surface area contributed by atoms with E-state index in [2.05, 4.69) is 9.64 Å². The fourth-order valence-corrected chi connectivity index (χ4v) is 1.83. The van der Waals surface area contributed by atoms with Crippen LogP contribution in [0.4, 0.5) is 0 Å². The molecule has 0 N–H and O–H groups in total. The van der Waals surface area contributed by atoms with Crippen LogP contribution in [0.1, 0.15) is 6.42 Å². The number of methoxy groups -OCH3 is 1. The van der Waals surface area contributed by atoms with Crippen molar-refractivity contribution < 1.29 is 14.3 Å². The zero-order chi connectivity index (χ0) is 12.0. The van der Waals surface area contributed by atoms with Crippen LogP contribution in [0.25, 0.3) is 0 Å². The van der Waals surface area contributed by atoms with Crippen molar-refractivity contribution in [3.05, 3.63) is 0 Å². The Hall–Kier alpha value is -0.810. The number of halogens is 1. The van der Waals surface area contributed by atoms with Crippen molar-refractivity contribution in [1.82, 2.24) is 9.80 Å². The molecule has 0 radical (unpaired) electrons. The smallest absolute Gasteiger partial charge is 0.306 e. The minimum absolute atomic E-state index is 0.0192. The van der Waals surface area contributed by atoms with E-state index in [9.17, 15) is 9.59 Å². The second kappa shape index (κ2) is 6.70. The summed E-state index contributed by atoms with van der Waals surface area (Å²) >= 11 is 5.48. The van der Waals surface area contributed by atoms with Gasteiger partial charge in [0.05, 0.1) is 13.5 Å². The molecule has 0 aromatic rings. The zero-order valence-electron chi connectivity index (χ0n) is 9.45. The molecule has 1 amide bonds. The van der Waals surface area contributed by atoms with Gasteiger partial charge in [-0.3, -0.25) is 14.5 Å². The first-order chi connectivity index (χ1) is 7.67. The van der Waals surface area contributed by atoms with Crippen molar-refractivity contribution in [2.45, 2.75) is 6.42 Å². The molecule has 0 saturated carbocycles. The SMILES string of the molecule is COC(=O)CCN1CCN(C(=O)CCl)CC1. The number of rotatable bonds is 4. The van der Waals surface area contributed by atoms with Crippen LogP contribution in [-0.4, -0.2) is 67.4 Å². The summed E-state index contributed by atoms with van der Waals surface area (Å²) in [6, 6.07) is 0. The van der Waals surface area contributed by atoms with Gasteiger partial charge in [-0.1, -0.05) is 0 Å². The molecule has 5 nitrogen and oxygen atoms in total. The predicted octanol–water partition coefficient (Wildman–Crippen LogP) is -0.0675. The first kappa shape index (κ1) is 13.3. The number of ether oxygens (including phenoxy) is 1. The molecule has 6 heteroatoms. The van der Waals surface area contributed by atoms with Crippen molar-refractivity contribution >= 4 is 23.5 Å². The lowest BCUT2D eigenvalue weighted by molar-refractivity contribution is -0.141. The summed E-state index contributed by atoms with van der Waals surface area (Å²) in [5.74, 6) is -0.170. The molecular weight excluding hydrogens is 232 g/mol. The number of piperazine rings is 1. The summed E-state index contributed by atoms with van der Waals surface area (Å²) in [6.07, 6.45) is 0.403. The van der Waals surface area contributed by atoms with Crippen LogP contribution in [0.5, 0.6) is 0 Å². The quantitative estimate of drug-likeness (QED) is 0.516. The van der Waals surface area contributed by atoms with E-state index in [0.717, 1.165) is 13.1 Å². The van der Waals surface area contributed by atoms with Crippen LogP contribution in [0.15, 0.2) is 0 Å². The highest BCUT2D eigenvalue weighted by atomic mass is 35.5. The first-order valence-electron chi connectivity index (χ1n) is 5.30. The maximum atomic E-state index is 11.3. The Bertz CT molecular complexity index is 252. The lowest BCUT2D eigenvalue weighted by atomic mass is 10.3. The number of hydrogen-bond acceptors (Lipinski definition) is 4. The Morgan fingerprint density at radius 3 is 2.38 bits per heavy atom. The fourth-order valence-electron chi connectivity index (χ4n) is 1.66. The zero-order valence-corrected chi connectivity index (χ0v) is 10.2. The Balaban J connectivity index is 2.22. The van der Waals surface area contributed by atoms with Crippen LogP contribution < -0.4 is 0 Å². The Kier molecular flexibility index (Phi) is 5.55. The molecule has 1 heterocycles. The van der Waals surface area contributed by atoms with Gasteiger partial charge in [0, 0.05) is 32.7 Å². The lowest BCUT2D eigenvalue weighted by Gasteiger charge is -2.34. The third kappa shape index (κ3) is 3.98. The average Bonchev–Trinajstić information content (AvgIpc) is 2.35. The van der Waals surface area contributed by atoms with Crippen molar-refractivity contribution in [3.8, 4) is 0 Å². The second-order valence-electron chi connectivity index (χ2n) is 3.68. The molecule has 0 aromatic carbocycles.